The maximum atomic E-state index is 13.5. The molecule has 0 bridgehead atoms. The van der Waals surface area contributed by atoms with Crippen LogP contribution in [-0.2, 0) is 32.3 Å². The van der Waals surface area contributed by atoms with Crippen LogP contribution in [-0.4, -0.2) is 42.4 Å². The summed E-state index contributed by atoms with van der Waals surface area (Å²) in [5, 5.41) is 6.17. The molecule has 0 unspecified atom stereocenters. The third kappa shape index (κ3) is 8.15. The van der Waals surface area contributed by atoms with Gasteiger partial charge < -0.3 is 14.7 Å². The van der Waals surface area contributed by atoms with E-state index in [1.165, 1.54) is 18.2 Å². The molecule has 13 heteroatoms. The Morgan fingerprint density at radius 1 is 1.02 bits per heavy atom. The predicted molar refractivity (Wildman–Crippen MR) is 156 cm³/mol. The van der Waals surface area contributed by atoms with E-state index in [1.54, 1.807) is 35.2 Å². The quantitative estimate of drug-likeness (QED) is 0.250. The molecule has 0 aliphatic heterocycles. The number of anilines is 1. The van der Waals surface area contributed by atoms with Crippen molar-refractivity contribution in [1.82, 2.24) is 15.4 Å². The summed E-state index contributed by atoms with van der Waals surface area (Å²) in [7, 11) is -4.52. The Hall–Kier alpha value is -3.87. The van der Waals surface area contributed by atoms with Crippen LogP contribution in [0.2, 0.25) is 0 Å². The highest BCUT2D eigenvalue weighted by molar-refractivity contribution is 7.92. The highest BCUT2D eigenvalue weighted by Crippen LogP contribution is 2.38. The van der Waals surface area contributed by atoms with Crippen molar-refractivity contribution < 1.29 is 35.7 Å². The summed E-state index contributed by atoms with van der Waals surface area (Å²) in [6.45, 7) is 10.5. The maximum absolute atomic E-state index is 13.5. The summed E-state index contributed by atoms with van der Waals surface area (Å²) in [6, 6.07) is 11.8. The number of nitrogens with one attached hydrogen (secondary N) is 2. The Balaban J connectivity index is 1.94. The largest absolute Gasteiger partial charge is 0.423 e. The standard InChI is InChI=1S/C30H37F3N4O5S/c1-7-10-25(38)37(27(18(2)3)29(39)34-19(4)5)17-21-13-15-22(16-14-21)23-11-8-9-12-24(23)43(40,41)36-28-26(30(31,32)33)20(6)42-35-28/h8-9,11-16,18-19,27H,7,10,17H2,1-6H3,(H,34,39)(H,35,36)/t27-/m0/s1. The van der Waals surface area contributed by atoms with E-state index in [9.17, 15) is 31.2 Å². The number of halogens is 3. The molecule has 1 heterocycles. The van der Waals surface area contributed by atoms with Gasteiger partial charge in [0.25, 0.3) is 10.0 Å². The minimum absolute atomic E-state index is 0.102. The molecule has 0 fully saturated rings. The third-order valence-corrected chi connectivity index (χ3v) is 8.02. The number of alkyl halides is 3. The minimum atomic E-state index is -4.88. The van der Waals surface area contributed by atoms with E-state index in [1.807, 2.05) is 39.3 Å². The number of amides is 2. The average molecular weight is 623 g/mol. The number of rotatable bonds is 12. The van der Waals surface area contributed by atoms with E-state index in [2.05, 4.69) is 15.0 Å². The van der Waals surface area contributed by atoms with Gasteiger partial charge in [-0.1, -0.05) is 68.4 Å². The van der Waals surface area contributed by atoms with E-state index in [-0.39, 0.29) is 47.2 Å². The lowest BCUT2D eigenvalue weighted by Crippen LogP contribution is -2.53. The van der Waals surface area contributed by atoms with E-state index < -0.39 is 39.4 Å². The van der Waals surface area contributed by atoms with Crippen LogP contribution in [0.3, 0.4) is 0 Å². The Morgan fingerprint density at radius 3 is 2.21 bits per heavy atom. The summed E-state index contributed by atoms with van der Waals surface area (Å²) in [5.74, 6) is -2.08. The van der Waals surface area contributed by atoms with Crippen LogP contribution in [0.4, 0.5) is 19.0 Å². The van der Waals surface area contributed by atoms with E-state index in [0.717, 1.165) is 6.92 Å². The van der Waals surface area contributed by atoms with E-state index in [0.29, 0.717) is 17.5 Å². The molecule has 2 N–H and O–H groups in total. The van der Waals surface area contributed by atoms with Crippen molar-refractivity contribution in [2.45, 2.75) is 84.1 Å². The van der Waals surface area contributed by atoms with Gasteiger partial charge in [-0.05, 0) is 50.3 Å². The lowest BCUT2D eigenvalue weighted by molar-refractivity contribution is -0.143. The van der Waals surface area contributed by atoms with Gasteiger partial charge in [-0.2, -0.15) is 13.2 Å². The molecule has 234 valence electrons. The summed E-state index contributed by atoms with van der Waals surface area (Å²) in [5.41, 5.74) is 0.122. The van der Waals surface area contributed by atoms with Gasteiger partial charge >= 0.3 is 6.18 Å². The molecule has 1 aromatic heterocycles. The van der Waals surface area contributed by atoms with Crippen molar-refractivity contribution >= 4 is 27.7 Å². The molecular formula is C30H37F3N4O5S. The lowest BCUT2D eigenvalue weighted by Gasteiger charge is -2.34. The predicted octanol–water partition coefficient (Wildman–Crippen LogP) is 6.15. The second kappa shape index (κ2) is 13.6. The number of carbonyl (C=O) groups is 2. The fourth-order valence-corrected chi connectivity index (χ4v) is 5.99. The van der Waals surface area contributed by atoms with Crippen molar-refractivity contribution in [3.05, 3.63) is 65.4 Å². The number of aromatic nitrogens is 1. The number of carbonyl (C=O) groups excluding carboxylic acids is 2. The van der Waals surface area contributed by atoms with Gasteiger partial charge in [-0.25, -0.2) is 8.42 Å². The molecule has 2 amide bonds. The normalized spacial score (nSPS) is 12.8. The highest BCUT2D eigenvalue weighted by Gasteiger charge is 2.40. The first-order valence-corrected chi connectivity index (χ1v) is 15.4. The van der Waals surface area contributed by atoms with Gasteiger partial charge in [0.1, 0.15) is 17.4 Å². The zero-order valence-electron chi connectivity index (χ0n) is 24.9. The molecule has 43 heavy (non-hydrogen) atoms. The molecule has 2 aromatic carbocycles. The van der Waals surface area contributed by atoms with Gasteiger partial charge in [0, 0.05) is 24.6 Å². The summed E-state index contributed by atoms with van der Waals surface area (Å²) < 4.78 is 73.6. The van der Waals surface area contributed by atoms with Crippen LogP contribution in [0.15, 0.2) is 57.9 Å². The minimum Gasteiger partial charge on any atom is -0.359 e. The molecule has 1 atom stereocenters. The average Bonchev–Trinajstić information content (AvgIpc) is 3.27. The third-order valence-electron chi connectivity index (χ3n) is 6.62. The Labute approximate surface area is 249 Å². The molecule has 0 radical (unpaired) electrons. The molecular weight excluding hydrogens is 585 g/mol. The zero-order chi connectivity index (χ0) is 32.1. The monoisotopic (exact) mass is 622 g/mol. The molecule has 9 nitrogen and oxygen atoms in total. The van der Waals surface area contributed by atoms with Crippen molar-refractivity contribution in [1.29, 1.82) is 0 Å². The first kappa shape index (κ1) is 33.6. The molecule has 3 rings (SSSR count). The van der Waals surface area contributed by atoms with Crippen LogP contribution in [0.1, 0.15) is 64.3 Å². The molecule has 0 aliphatic carbocycles. The second-order valence-electron chi connectivity index (χ2n) is 10.9. The van der Waals surface area contributed by atoms with Crippen LogP contribution in [0, 0.1) is 12.8 Å². The smallest absolute Gasteiger partial charge is 0.359 e. The van der Waals surface area contributed by atoms with Crippen molar-refractivity contribution in [3.63, 3.8) is 0 Å². The molecule has 3 aromatic rings. The lowest BCUT2D eigenvalue weighted by atomic mass is 9.98. The molecule has 0 spiro atoms. The van der Waals surface area contributed by atoms with Crippen LogP contribution >= 0.6 is 0 Å². The van der Waals surface area contributed by atoms with E-state index in [4.69, 9.17) is 0 Å². The highest BCUT2D eigenvalue weighted by atomic mass is 32.2. The summed E-state index contributed by atoms with van der Waals surface area (Å²) in [6.07, 6.45) is -3.99. The summed E-state index contributed by atoms with van der Waals surface area (Å²) >= 11 is 0. The fourth-order valence-electron chi connectivity index (χ4n) is 4.76. The SMILES string of the molecule is CCCC(=O)N(Cc1ccc(-c2ccccc2S(=O)(=O)Nc2noc(C)c2C(F)(F)F)cc1)[C@H](C(=O)NC(C)C)C(C)C. The van der Waals surface area contributed by atoms with Gasteiger partial charge in [0.05, 0.1) is 4.90 Å². The van der Waals surface area contributed by atoms with Crippen LogP contribution < -0.4 is 10.0 Å². The van der Waals surface area contributed by atoms with E-state index >= 15 is 0 Å². The first-order chi connectivity index (χ1) is 20.1. The Kier molecular flexibility index (Phi) is 10.7. The van der Waals surface area contributed by atoms with Crippen LogP contribution in [0.5, 0.6) is 0 Å². The first-order valence-electron chi connectivity index (χ1n) is 13.9. The summed E-state index contributed by atoms with van der Waals surface area (Å²) in [4.78, 5) is 27.5. The van der Waals surface area contributed by atoms with Gasteiger partial charge in [0.2, 0.25) is 11.8 Å². The maximum Gasteiger partial charge on any atom is 0.423 e. The Morgan fingerprint density at radius 2 is 1.65 bits per heavy atom. The number of hydrogen-bond donors (Lipinski definition) is 2. The number of hydrogen-bond acceptors (Lipinski definition) is 6. The topological polar surface area (TPSA) is 122 Å². The van der Waals surface area contributed by atoms with Crippen LogP contribution in [0.25, 0.3) is 11.1 Å². The fraction of sp³-hybridized carbons (Fsp3) is 0.433. The molecule has 0 saturated carbocycles. The van der Waals surface area contributed by atoms with Gasteiger partial charge in [-0.3, -0.25) is 14.3 Å². The molecule has 0 saturated heterocycles. The molecule has 0 aliphatic rings. The number of benzene rings is 2. The van der Waals surface area contributed by atoms with Crippen molar-refractivity contribution in [3.8, 4) is 11.1 Å². The van der Waals surface area contributed by atoms with Crippen molar-refractivity contribution in [2.75, 3.05) is 4.72 Å². The zero-order valence-corrected chi connectivity index (χ0v) is 25.8. The van der Waals surface area contributed by atoms with Gasteiger partial charge in [0.15, 0.2) is 5.82 Å². The van der Waals surface area contributed by atoms with Gasteiger partial charge in [-0.15, -0.1) is 0 Å². The Bertz CT molecular complexity index is 1530. The number of sulfonamides is 1. The number of aryl methyl sites for hydroxylation is 1. The van der Waals surface area contributed by atoms with Crippen molar-refractivity contribution in [2.24, 2.45) is 5.92 Å². The number of nitrogens with zero attached hydrogens (tertiary/aromatic N) is 2. The second-order valence-corrected chi connectivity index (χ2v) is 12.5.